The lowest BCUT2D eigenvalue weighted by Gasteiger charge is -2.13. The summed E-state index contributed by atoms with van der Waals surface area (Å²) in [6, 6.07) is 9.70. The van der Waals surface area contributed by atoms with Gasteiger partial charge in [0.05, 0.1) is 17.6 Å². The van der Waals surface area contributed by atoms with Crippen molar-refractivity contribution in [3.63, 3.8) is 0 Å². The number of aromatic nitrogens is 1. The SMILES string of the molecule is Cc1cc(C)c(NC(=O)CNC(=O)c2cc(C)nc3cc(F)ccc23)c(C)c1. The molecule has 1 heterocycles. The van der Waals surface area contributed by atoms with Gasteiger partial charge in [-0.1, -0.05) is 17.7 Å². The van der Waals surface area contributed by atoms with Crippen LogP contribution in [0.3, 0.4) is 0 Å². The van der Waals surface area contributed by atoms with Crippen LogP contribution in [-0.2, 0) is 4.79 Å². The lowest BCUT2D eigenvalue weighted by atomic mass is 10.1. The van der Waals surface area contributed by atoms with E-state index in [2.05, 4.69) is 15.6 Å². The monoisotopic (exact) mass is 379 g/mol. The number of carbonyl (C=O) groups is 2. The smallest absolute Gasteiger partial charge is 0.252 e. The summed E-state index contributed by atoms with van der Waals surface area (Å²) in [6.45, 7) is 7.42. The molecule has 0 fully saturated rings. The van der Waals surface area contributed by atoms with E-state index < -0.39 is 11.7 Å². The van der Waals surface area contributed by atoms with Gasteiger partial charge in [0.2, 0.25) is 5.91 Å². The van der Waals surface area contributed by atoms with Crippen LogP contribution < -0.4 is 10.6 Å². The predicted octanol–water partition coefficient (Wildman–Crippen LogP) is 3.98. The van der Waals surface area contributed by atoms with Gasteiger partial charge in [0.25, 0.3) is 5.91 Å². The summed E-state index contributed by atoms with van der Waals surface area (Å²) in [5.74, 6) is -1.14. The zero-order chi connectivity index (χ0) is 20.4. The Kier molecular flexibility index (Phi) is 5.40. The number of benzene rings is 2. The minimum absolute atomic E-state index is 0.171. The maximum absolute atomic E-state index is 13.5. The number of hydrogen-bond donors (Lipinski definition) is 2. The molecule has 2 aromatic carbocycles. The summed E-state index contributed by atoms with van der Waals surface area (Å²) in [4.78, 5) is 29.2. The Morgan fingerprint density at radius 2 is 1.68 bits per heavy atom. The lowest BCUT2D eigenvalue weighted by Crippen LogP contribution is -2.33. The van der Waals surface area contributed by atoms with Crippen molar-refractivity contribution in [3.8, 4) is 0 Å². The second kappa shape index (κ2) is 7.76. The van der Waals surface area contributed by atoms with Crippen molar-refractivity contribution in [3.05, 3.63) is 70.2 Å². The lowest BCUT2D eigenvalue weighted by molar-refractivity contribution is -0.115. The van der Waals surface area contributed by atoms with Gasteiger partial charge in [-0.2, -0.15) is 0 Å². The van der Waals surface area contributed by atoms with E-state index in [0.29, 0.717) is 22.2 Å². The highest BCUT2D eigenvalue weighted by Crippen LogP contribution is 2.22. The maximum Gasteiger partial charge on any atom is 0.252 e. The first-order valence-electron chi connectivity index (χ1n) is 8.97. The van der Waals surface area contributed by atoms with Crippen LogP contribution in [0.1, 0.15) is 32.7 Å². The van der Waals surface area contributed by atoms with E-state index in [1.807, 2.05) is 32.9 Å². The zero-order valence-electron chi connectivity index (χ0n) is 16.3. The molecule has 144 valence electrons. The Labute approximate surface area is 163 Å². The molecule has 0 aliphatic rings. The molecule has 0 unspecified atom stereocenters. The Morgan fingerprint density at radius 1 is 1.00 bits per heavy atom. The number of rotatable bonds is 4. The molecule has 0 bridgehead atoms. The number of aryl methyl sites for hydroxylation is 4. The molecule has 3 rings (SSSR count). The molecule has 28 heavy (non-hydrogen) atoms. The number of hydrogen-bond acceptors (Lipinski definition) is 3. The van der Waals surface area contributed by atoms with Gasteiger partial charge in [0.1, 0.15) is 5.82 Å². The number of halogens is 1. The minimum atomic E-state index is -0.417. The number of nitrogens with zero attached hydrogens (tertiary/aromatic N) is 1. The van der Waals surface area contributed by atoms with Crippen LogP contribution in [-0.4, -0.2) is 23.3 Å². The molecular formula is C22H22FN3O2. The van der Waals surface area contributed by atoms with Crippen molar-refractivity contribution in [2.45, 2.75) is 27.7 Å². The van der Waals surface area contributed by atoms with Crippen molar-refractivity contribution in [1.29, 1.82) is 0 Å². The molecule has 0 saturated carbocycles. The Morgan fingerprint density at radius 3 is 2.36 bits per heavy atom. The molecular weight excluding hydrogens is 357 g/mol. The van der Waals surface area contributed by atoms with E-state index in [0.717, 1.165) is 22.4 Å². The Bertz CT molecular complexity index is 1060. The van der Waals surface area contributed by atoms with Gasteiger partial charge < -0.3 is 10.6 Å². The normalized spacial score (nSPS) is 10.8. The minimum Gasteiger partial charge on any atom is -0.343 e. The van der Waals surface area contributed by atoms with Gasteiger partial charge in [-0.05, 0) is 57.0 Å². The van der Waals surface area contributed by atoms with Gasteiger partial charge in [-0.15, -0.1) is 0 Å². The fourth-order valence-corrected chi connectivity index (χ4v) is 3.34. The average Bonchev–Trinajstić information content (AvgIpc) is 2.61. The first-order valence-corrected chi connectivity index (χ1v) is 8.97. The van der Waals surface area contributed by atoms with Crippen LogP contribution in [0.15, 0.2) is 36.4 Å². The maximum atomic E-state index is 13.5. The standard InChI is InChI=1S/C22H22FN3O2/c1-12-7-13(2)21(14(3)8-12)26-20(27)11-24-22(28)18-9-15(4)25-19-10-16(23)5-6-17(18)19/h5-10H,11H2,1-4H3,(H,24,28)(H,26,27). The third kappa shape index (κ3) is 4.17. The molecule has 0 radical (unpaired) electrons. The van der Waals surface area contributed by atoms with E-state index in [4.69, 9.17) is 0 Å². The van der Waals surface area contributed by atoms with Gasteiger partial charge in [0.15, 0.2) is 0 Å². The Balaban J connectivity index is 1.74. The van der Waals surface area contributed by atoms with E-state index in [9.17, 15) is 14.0 Å². The summed E-state index contributed by atoms with van der Waals surface area (Å²) in [5.41, 5.74) is 5.17. The van der Waals surface area contributed by atoms with Gasteiger partial charge >= 0.3 is 0 Å². The van der Waals surface area contributed by atoms with Crippen LogP contribution in [0, 0.1) is 33.5 Å². The molecule has 2 N–H and O–H groups in total. The van der Waals surface area contributed by atoms with Crippen molar-refractivity contribution in [2.75, 3.05) is 11.9 Å². The van der Waals surface area contributed by atoms with Gasteiger partial charge in [0, 0.05) is 22.8 Å². The second-order valence-corrected chi connectivity index (χ2v) is 6.98. The third-order valence-corrected chi connectivity index (χ3v) is 4.50. The fraction of sp³-hybridized carbons (Fsp3) is 0.227. The first-order chi connectivity index (χ1) is 13.2. The van der Waals surface area contributed by atoms with Crippen molar-refractivity contribution in [1.82, 2.24) is 10.3 Å². The fourth-order valence-electron chi connectivity index (χ4n) is 3.34. The van der Waals surface area contributed by atoms with Crippen LogP contribution in [0.2, 0.25) is 0 Å². The van der Waals surface area contributed by atoms with Crippen LogP contribution in [0.5, 0.6) is 0 Å². The molecule has 6 heteroatoms. The predicted molar refractivity (Wildman–Crippen MR) is 108 cm³/mol. The summed E-state index contributed by atoms with van der Waals surface area (Å²) >= 11 is 0. The highest BCUT2D eigenvalue weighted by atomic mass is 19.1. The first kappa shape index (κ1) is 19.5. The number of anilines is 1. The van der Waals surface area contributed by atoms with E-state index >= 15 is 0 Å². The number of fused-ring (bicyclic) bond motifs is 1. The van der Waals surface area contributed by atoms with Crippen molar-refractivity contribution < 1.29 is 14.0 Å². The highest BCUT2D eigenvalue weighted by molar-refractivity contribution is 6.07. The topological polar surface area (TPSA) is 71.1 Å². The Hall–Kier alpha value is -3.28. The molecule has 3 aromatic rings. The van der Waals surface area contributed by atoms with E-state index in [-0.39, 0.29) is 12.5 Å². The highest BCUT2D eigenvalue weighted by Gasteiger charge is 2.15. The van der Waals surface area contributed by atoms with Gasteiger partial charge in [-0.25, -0.2) is 4.39 Å². The molecule has 5 nitrogen and oxygen atoms in total. The average molecular weight is 379 g/mol. The summed E-state index contributed by atoms with van der Waals surface area (Å²) in [7, 11) is 0. The molecule has 0 aliphatic heterocycles. The molecule has 0 spiro atoms. The van der Waals surface area contributed by atoms with Crippen LogP contribution >= 0.6 is 0 Å². The number of amides is 2. The number of carbonyl (C=O) groups excluding carboxylic acids is 2. The number of pyridine rings is 1. The molecule has 1 aromatic heterocycles. The largest absolute Gasteiger partial charge is 0.343 e. The number of nitrogens with one attached hydrogen (secondary N) is 2. The summed E-state index contributed by atoms with van der Waals surface area (Å²) in [6.07, 6.45) is 0. The van der Waals surface area contributed by atoms with E-state index in [1.54, 1.807) is 13.0 Å². The van der Waals surface area contributed by atoms with Crippen LogP contribution in [0.4, 0.5) is 10.1 Å². The quantitative estimate of drug-likeness (QED) is 0.720. The summed E-state index contributed by atoms with van der Waals surface area (Å²) in [5, 5.41) is 6.02. The molecule has 2 amide bonds. The second-order valence-electron chi connectivity index (χ2n) is 6.98. The molecule has 0 saturated heterocycles. The molecule has 0 aliphatic carbocycles. The third-order valence-electron chi connectivity index (χ3n) is 4.50. The summed E-state index contributed by atoms with van der Waals surface area (Å²) < 4.78 is 13.5. The van der Waals surface area contributed by atoms with Crippen LogP contribution in [0.25, 0.3) is 10.9 Å². The zero-order valence-corrected chi connectivity index (χ0v) is 16.3. The molecule has 0 atom stereocenters. The van der Waals surface area contributed by atoms with E-state index in [1.165, 1.54) is 18.2 Å². The van der Waals surface area contributed by atoms with Crippen molar-refractivity contribution >= 4 is 28.4 Å². The van der Waals surface area contributed by atoms with Crippen molar-refractivity contribution in [2.24, 2.45) is 0 Å². The van der Waals surface area contributed by atoms with Gasteiger partial charge in [-0.3, -0.25) is 14.6 Å².